The molecule has 0 aromatic rings. The summed E-state index contributed by atoms with van der Waals surface area (Å²) in [4.78, 5) is 25.5. The summed E-state index contributed by atoms with van der Waals surface area (Å²) in [7, 11) is 0. The standard InChI is InChI=1S/C24H36O7/c1-15-7-9-24(12-27-15,14-29-22(26)17-5-6-18-19(10-17)30-18)13-28-21(25)16-4-3-8-23(2)20(11-16)31-23/h15-20H,3-14H2,1-2H3. The quantitative estimate of drug-likeness (QED) is 0.467. The van der Waals surface area contributed by atoms with Gasteiger partial charge >= 0.3 is 11.9 Å². The van der Waals surface area contributed by atoms with Gasteiger partial charge in [0.15, 0.2) is 0 Å². The van der Waals surface area contributed by atoms with Crippen LogP contribution in [0.15, 0.2) is 0 Å². The van der Waals surface area contributed by atoms with Crippen LogP contribution >= 0.6 is 0 Å². The van der Waals surface area contributed by atoms with Crippen LogP contribution in [0, 0.1) is 17.3 Å². The predicted molar refractivity (Wildman–Crippen MR) is 110 cm³/mol. The average Bonchev–Trinajstić information content (AvgIpc) is 3.66. The Morgan fingerprint density at radius 1 is 0.935 bits per heavy atom. The van der Waals surface area contributed by atoms with Crippen molar-refractivity contribution in [2.45, 2.75) is 102 Å². The van der Waals surface area contributed by atoms with E-state index in [2.05, 4.69) is 6.92 Å². The lowest BCUT2D eigenvalue weighted by atomic mass is 9.82. The summed E-state index contributed by atoms with van der Waals surface area (Å²) >= 11 is 0. The number of carbonyl (C=O) groups excluding carboxylic acids is 2. The highest BCUT2D eigenvalue weighted by atomic mass is 16.6. The molecular weight excluding hydrogens is 400 g/mol. The molecule has 0 N–H and O–H groups in total. The maximum absolute atomic E-state index is 12.9. The minimum atomic E-state index is -0.458. The Bertz CT molecular complexity index is 700. The first-order valence-corrected chi connectivity index (χ1v) is 12.1. The first-order chi connectivity index (χ1) is 14.9. The summed E-state index contributed by atoms with van der Waals surface area (Å²) in [5.41, 5.74) is -0.483. The van der Waals surface area contributed by atoms with E-state index in [4.69, 9.17) is 23.7 Å². The topological polar surface area (TPSA) is 86.9 Å². The molecule has 3 heterocycles. The monoisotopic (exact) mass is 436 g/mol. The maximum atomic E-state index is 12.9. The first-order valence-electron chi connectivity index (χ1n) is 12.1. The largest absolute Gasteiger partial charge is 0.465 e. The highest BCUT2D eigenvalue weighted by Crippen LogP contribution is 2.48. The van der Waals surface area contributed by atoms with Crippen molar-refractivity contribution < 1.29 is 33.3 Å². The molecule has 2 saturated carbocycles. The molecule has 2 aliphatic carbocycles. The van der Waals surface area contributed by atoms with Crippen LogP contribution in [-0.2, 0) is 33.3 Å². The van der Waals surface area contributed by atoms with Crippen LogP contribution < -0.4 is 0 Å². The Balaban J connectivity index is 1.15. The fourth-order valence-electron chi connectivity index (χ4n) is 5.65. The molecule has 8 atom stereocenters. The number of hydrogen-bond acceptors (Lipinski definition) is 7. The van der Waals surface area contributed by atoms with Crippen molar-refractivity contribution in [2.75, 3.05) is 19.8 Å². The van der Waals surface area contributed by atoms with Gasteiger partial charge in [0.05, 0.1) is 53.9 Å². The van der Waals surface area contributed by atoms with Crippen LogP contribution in [0.3, 0.4) is 0 Å². The fourth-order valence-corrected chi connectivity index (χ4v) is 5.65. The van der Waals surface area contributed by atoms with E-state index in [1.807, 2.05) is 6.92 Å². The van der Waals surface area contributed by atoms with Gasteiger partial charge in [-0.25, -0.2) is 0 Å². The Morgan fingerprint density at radius 3 is 2.35 bits per heavy atom. The number of fused-ring (bicyclic) bond motifs is 2. The second-order valence-electron chi connectivity index (χ2n) is 10.8. The molecule has 3 aliphatic heterocycles. The Kier molecular flexibility index (Phi) is 5.80. The molecule has 31 heavy (non-hydrogen) atoms. The number of esters is 2. The smallest absolute Gasteiger partial charge is 0.309 e. The SMILES string of the molecule is CC1CCC(COC(=O)C2CCC3OC3C2)(COC(=O)C2CCCC3(C)OC3C2)CO1. The molecule has 7 nitrogen and oxygen atoms in total. The zero-order chi connectivity index (χ0) is 21.6. The third-order valence-corrected chi connectivity index (χ3v) is 8.23. The number of epoxide rings is 2. The van der Waals surface area contributed by atoms with E-state index in [1.165, 1.54) is 0 Å². The van der Waals surface area contributed by atoms with E-state index >= 15 is 0 Å². The van der Waals surface area contributed by atoms with Gasteiger partial charge in [0.25, 0.3) is 0 Å². The summed E-state index contributed by atoms with van der Waals surface area (Å²) < 4.78 is 28.8. The lowest BCUT2D eigenvalue weighted by molar-refractivity contribution is -0.170. The highest BCUT2D eigenvalue weighted by molar-refractivity contribution is 5.73. The predicted octanol–water partition coefficient (Wildman–Crippen LogP) is 3.17. The normalized spacial score (nSPS) is 46.1. The van der Waals surface area contributed by atoms with E-state index in [1.54, 1.807) is 0 Å². The van der Waals surface area contributed by atoms with Gasteiger partial charge in [0.1, 0.15) is 13.2 Å². The van der Waals surface area contributed by atoms with Crippen LogP contribution in [-0.4, -0.2) is 61.8 Å². The third-order valence-electron chi connectivity index (χ3n) is 8.23. The van der Waals surface area contributed by atoms with Gasteiger partial charge in [-0.15, -0.1) is 0 Å². The van der Waals surface area contributed by atoms with Crippen molar-refractivity contribution in [3.05, 3.63) is 0 Å². The second-order valence-corrected chi connectivity index (χ2v) is 10.8. The summed E-state index contributed by atoms with van der Waals surface area (Å²) in [5, 5.41) is 0. The van der Waals surface area contributed by atoms with Gasteiger partial charge in [-0.3, -0.25) is 9.59 Å². The summed E-state index contributed by atoms with van der Waals surface area (Å²) in [5.74, 6) is -0.475. The van der Waals surface area contributed by atoms with Crippen LogP contribution in [0.25, 0.3) is 0 Å². The van der Waals surface area contributed by atoms with Crippen molar-refractivity contribution in [1.29, 1.82) is 0 Å². The number of carbonyl (C=O) groups is 2. The molecule has 0 spiro atoms. The first kappa shape index (κ1) is 21.7. The lowest BCUT2D eigenvalue weighted by Crippen LogP contribution is -2.44. The van der Waals surface area contributed by atoms with Crippen molar-refractivity contribution in [2.24, 2.45) is 17.3 Å². The number of ether oxygens (including phenoxy) is 5. The van der Waals surface area contributed by atoms with Crippen molar-refractivity contribution >= 4 is 11.9 Å². The molecular formula is C24H36O7. The van der Waals surface area contributed by atoms with Crippen LogP contribution in [0.1, 0.15) is 71.6 Å². The molecule has 0 aromatic carbocycles. The maximum Gasteiger partial charge on any atom is 0.309 e. The molecule has 8 unspecified atom stereocenters. The Labute approximate surface area is 184 Å². The van der Waals surface area contributed by atoms with Gasteiger partial charge in [-0.05, 0) is 71.6 Å². The van der Waals surface area contributed by atoms with Crippen LogP contribution in [0.2, 0.25) is 0 Å². The van der Waals surface area contributed by atoms with Crippen LogP contribution in [0.5, 0.6) is 0 Å². The molecule has 0 bridgehead atoms. The zero-order valence-electron chi connectivity index (χ0n) is 18.8. The average molecular weight is 437 g/mol. The Morgan fingerprint density at radius 2 is 1.68 bits per heavy atom. The fraction of sp³-hybridized carbons (Fsp3) is 0.917. The van der Waals surface area contributed by atoms with E-state index in [0.29, 0.717) is 12.7 Å². The van der Waals surface area contributed by atoms with Crippen molar-refractivity contribution in [3.63, 3.8) is 0 Å². The van der Waals surface area contributed by atoms with Gasteiger partial charge in [-0.1, -0.05) is 0 Å². The van der Waals surface area contributed by atoms with E-state index in [-0.39, 0.29) is 60.9 Å². The van der Waals surface area contributed by atoms with Gasteiger partial charge in [-0.2, -0.15) is 0 Å². The van der Waals surface area contributed by atoms with E-state index in [0.717, 1.165) is 57.8 Å². The van der Waals surface area contributed by atoms with Crippen molar-refractivity contribution in [1.82, 2.24) is 0 Å². The highest BCUT2D eigenvalue weighted by Gasteiger charge is 2.54. The van der Waals surface area contributed by atoms with E-state index in [9.17, 15) is 9.59 Å². The van der Waals surface area contributed by atoms with Gasteiger partial charge < -0.3 is 23.7 Å². The molecule has 174 valence electrons. The molecule has 5 rings (SSSR count). The third kappa shape index (κ3) is 4.79. The van der Waals surface area contributed by atoms with Crippen LogP contribution in [0.4, 0.5) is 0 Å². The summed E-state index contributed by atoms with van der Waals surface area (Å²) in [6, 6.07) is 0. The molecule has 5 fully saturated rings. The molecule has 7 heteroatoms. The minimum absolute atomic E-state index is 0.0254. The summed E-state index contributed by atoms with van der Waals surface area (Å²) in [6.45, 7) is 5.11. The molecule has 0 amide bonds. The lowest BCUT2D eigenvalue weighted by Gasteiger charge is -2.38. The van der Waals surface area contributed by atoms with Gasteiger partial charge in [0.2, 0.25) is 0 Å². The molecule has 0 aromatic heterocycles. The molecule has 5 aliphatic rings. The van der Waals surface area contributed by atoms with Crippen molar-refractivity contribution in [3.8, 4) is 0 Å². The zero-order valence-corrected chi connectivity index (χ0v) is 18.8. The molecule has 0 radical (unpaired) electrons. The van der Waals surface area contributed by atoms with Gasteiger partial charge in [0, 0.05) is 0 Å². The molecule has 3 saturated heterocycles. The number of rotatable bonds is 6. The minimum Gasteiger partial charge on any atom is -0.465 e. The summed E-state index contributed by atoms with van der Waals surface area (Å²) in [6.07, 6.45) is 8.82. The Hall–Kier alpha value is -1.18. The van der Waals surface area contributed by atoms with E-state index < -0.39 is 5.41 Å². The second kappa shape index (κ2) is 8.31. The number of hydrogen-bond donors (Lipinski definition) is 0.